The van der Waals surface area contributed by atoms with Gasteiger partial charge in [-0.05, 0) is 24.8 Å². The summed E-state index contributed by atoms with van der Waals surface area (Å²) in [7, 11) is 0. The van der Waals surface area contributed by atoms with Crippen LogP contribution >= 0.6 is 23.4 Å². The van der Waals surface area contributed by atoms with Crippen LogP contribution in [0.25, 0.3) is 0 Å². The summed E-state index contributed by atoms with van der Waals surface area (Å²) in [6, 6.07) is 7.70. The molecule has 1 aromatic rings. The molecule has 0 saturated carbocycles. The SMILES string of the molecule is CSc1ccccc1C(Cl)C(C)=O. The topological polar surface area (TPSA) is 17.1 Å². The standard InChI is InChI=1S/C10H11ClOS/c1-7(12)10(11)8-5-3-4-6-9(8)13-2/h3-6,10H,1-2H3. The molecule has 70 valence electrons. The zero-order valence-electron chi connectivity index (χ0n) is 7.58. The van der Waals surface area contributed by atoms with E-state index in [1.807, 2.05) is 30.5 Å². The largest absolute Gasteiger partial charge is 0.298 e. The Kier molecular flexibility index (Phi) is 3.82. The van der Waals surface area contributed by atoms with Crippen LogP contribution in [0.4, 0.5) is 0 Å². The molecule has 0 fully saturated rings. The van der Waals surface area contributed by atoms with Crippen molar-refractivity contribution in [3.63, 3.8) is 0 Å². The lowest BCUT2D eigenvalue weighted by Gasteiger charge is -2.09. The second kappa shape index (κ2) is 4.68. The predicted octanol–water partition coefficient (Wildman–Crippen LogP) is 3.28. The van der Waals surface area contributed by atoms with Crippen molar-refractivity contribution in [2.45, 2.75) is 17.2 Å². The molecule has 0 aliphatic carbocycles. The van der Waals surface area contributed by atoms with Crippen LogP contribution < -0.4 is 0 Å². The molecule has 0 spiro atoms. The Balaban J connectivity index is 3.05. The quantitative estimate of drug-likeness (QED) is 0.568. The third-order valence-electron chi connectivity index (χ3n) is 1.77. The molecule has 13 heavy (non-hydrogen) atoms. The highest BCUT2D eigenvalue weighted by atomic mass is 35.5. The van der Waals surface area contributed by atoms with Gasteiger partial charge in [0.1, 0.15) is 5.38 Å². The average molecular weight is 215 g/mol. The minimum Gasteiger partial charge on any atom is -0.298 e. The van der Waals surface area contributed by atoms with Gasteiger partial charge in [-0.15, -0.1) is 23.4 Å². The molecular formula is C10H11ClOS. The highest BCUT2D eigenvalue weighted by Crippen LogP contribution is 2.30. The van der Waals surface area contributed by atoms with Crippen molar-refractivity contribution >= 4 is 29.1 Å². The highest BCUT2D eigenvalue weighted by molar-refractivity contribution is 7.98. The number of benzene rings is 1. The van der Waals surface area contributed by atoms with Crippen LogP contribution in [-0.2, 0) is 4.79 Å². The smallest absolute Gasteiger partial charge is 0.152 e. The Morgan fingerprint density at radius 2 is 2.08 bits per heavy atom. The lowest BCUT2D eigenvalue weighted by Crippen LogP contribution is -2.02. The Morgan fingerprint density at radius 3 is 2.62 bits per heavy atom. The molecule has 1 atom stereocenters. The first-order valence-corrected chi connectivity index (χ1v) is 5.60. The van der Waals surface area contributed by atoms with Crippen molar-refractivity contribution in [3.05, 3.63) is 29.8 Å². The van der Waals surface area contributed by atoms with Gasteiger partial charge in [0, 0.05) is 4.90 Å². The zero-order valence-corrected chi connectivity index (χ0v) is 9.15. The fourth-order valence-electron chi connectivity index (χ4n) is 1.09. The maximum atomic E-state index is 11.1. The van der Waals surface area contributed by atoms with Crippen LogP contribution in [0, 0.1) is 0 Å². The molecule has 0 aliphatic heterocycles. The first-order chi connectivity index (χ1) is 6.16. The summed E-state index contributed by atoms with van der Waals surface area (Å²) in [5.74, 6) is -0.0110. The Morgan fingerprint density at radius 1 is 1.46 bits per heavy atom. The predicted molar refractivity (Wildman–Crippen MR) is 57.5 cm³/mol. The van der Waals surface area contributed by atoms with Crippen molar-refractivity contribution in [1.29, 1.82) is 0 Å². The number of hydrogen-bond acceptors (Lipinski definition) is 2. The van der Waals surface area contributed by atoms with Crippen LogP contribution in [0.15, 0.2) is 29.2 Å². The molecule has 0 N–H and O–H groups in total. The lowest BCUT2D eigenvalue weighted by atomic mass is 10.1. The van der Waals surface area contributed by atoms with Gasteiger partial charge in [0.05, 0.1) is 0 Å². The van der Waals surface area contributed by atoms with Gasteiger partial charge in [0.2, 0.25) is 0 Å². The number of rotatable bonds is 3. The molecule has 3 heteroatoms. The molecule has 1 rings (SSSR count). The monoisotopic (exact) mass is 214 g/mol. The van der Waals surface area contributed by atoms with Gasteiger partial charge >= 0.3 is 0 Å². The summed E-state index contributed by atoms with van der Waals surface area (Å²) in [6.45, 7) is 1.51. The number of ketones is 1. The fourth-order valence-corrected chi connectivity index (χ4v) is 1.99. The van der Waals surface area contributed by atoms with Crippen LogP contribution in [0.3, 0.4) is 0 Å². The maximum absolute atomic E-state index is 11.1. The number of hydrogen-bond donors (Lipinski definition) is 0. The zero-order chi connectivity index (χ0) is 9.84. The van der Waals surface area contributed by atoms with Crippen molar-refractivity contribution in [2.24, 2.45) is 0 Å². The number of carbonyl (C=O) groups is 1. The number of Topliss-reactive ketones (excluding diaryl/α,β-unsaturated/α-hetero) is 1. The van der Waals surface area contributed by atoms with Gasteiger partial charge in [-0.25, -0.2) is 0 Å². The molecule has 0 amide bonds. The second-order valence-electron chi connectivity index (χ2n) is 2.72. The Hall–Kier alpha value is -0.470. The van der Waals surface area contributed by atoms with Gasteiger partial charge in [0.25, 0.3) is 0 Å². The number of thioether (sulfide) groups is 1. The van der Waals surface area contributed by atoms with E-state index in [2.05, 4.69) is 0 Å². The number of halogens is 1. The van der Waals surface area contributed by atoms with Gasteiger partial charge in [-0.1, -0.05) is 18.2 Å². The number of carbonyl (C=O) groups excluding carboxylic acids is 1. The van der Waals surface area contributed by atoms with Gasteiger partial charge in [-0.2, -0.15) is 0 Å². The van der Waals surface area contributed by atoms with E-state index in [1.165, 1.54) is 6.92 Å². The van der Waals surface area contributed by atoms with Crippen molar-refractivity contribution in [3.8, 4) is 0 Å². The summed E-state index contributed by atoms with van der Waals surface area (Å²) in [6.07, 6.45) is 1.97. The molecule has 1 unspecified atom stereocenters. The third kappa shape index (κ3) is 2.48. The van der Waals surface area contributed by atoms with E-state index in [4.69, 9.17) is 11.6 Å². The molecule has 1 aromatic carbocycles. The third-order valence-corrected chi connectivity index (χ3v) is 3.12. The normalized spacial score (nSPS) is 12.5. The van der Waals surface area contributed by atoms with Gasteiger partial charge < -0.3 is 0 Å². The highest BCUT2D eigenvalue weighted by Gasteiger charge is 2.15. The van der Waals surface area contributed by atoms with E-state index in [0.717, 1.165) is 10.5 Å². The van der Waals surface area contributed by atoms with Gasteiger partial charge in [0.15, 0.2) is 5.78 Å². The van der Waals surface area contributed by atoms with Gasteiger partial charge in [-0.3, -0.25) is 4.79 Å². The summed E-state index contributed by atoms with van der Waals surface area (Å²) in [4.78, 5) is 12.1. The van der Waals surface area contributed by atoms with E-state index in [1.54, 1.807) is 11.8 Å². The molecule has 1 nitrogen and oxygen atoms in total. The Labute approximate surface area is 87.5 Å². The summed E-state index contributed by atoms with van der Waals surface area (Å²) in [5.41, 5.74) is 0.907. The molecule has 0 aromatic heterocycles. The van der Waals surface area contributed by atoms with Crippen molar-refractivity contribution in [1.82, 2.24) is 0 Å². The molecular weight excluding hydrogens is 204 g/mol. The minimum absolute atomic E-state index is 0.0110. The summed E-state index contributed by atoms with van der Waals surface area (Å²) in [5, 5.41) is -0.511. The van der Waals surface area contributed by atoms with Crippen LogP contribution in [-0.4, -0.2) is 12.0 Å². The minimum atomic E-state index is -0.511. The van der Waals surface area contributed by atoms with Crippen LogP contribution in [0.1, 0.15) is 17.9 Å². The van der Waals surface area contributed by atoms with E-state index in [9.17, 15) is 4.79 Å². The number of alkyl halides is 1. The average Bonchev–Trinajstić information content (AvgIpc) is 2.16. The van der Waals surface area contributed by atoms with E-state index >= 15 is 0 Å². The lowest BCUT2D eigenvalue weighted by molar-refractivity contribution is -0.116. The van der Waals surface area contributed by atoms with E-state index < -0.39 is 5.38 Å². The first-order valence-electron chi connectivity index (χ1n) is 3.94. The van der Waals surface area contributed by atoms with E-state index in [0.29, 0.717) is 0 Å². The molecule has 0 saturated heterocycles. The van der Waals surface area contributed by atoms with E-state index in [-0.39, 0.29) is 5.78 Å². The maximum Gasteiger partial charge on any atom is 0.152 e. The molecule has 0 radical (unpaired) electrons. The van der Waals surface area contributed by atoms with Crippen molar-refractivity contribution < 1.29 is 4.79 Å². The molecule has 0 bridgehead atoms. The Bertz CT molecular complexity index is 312. The fraction of sp³-hybridized carbons (Fsp3) is 0.300. The van der Waals surface area contributed by atoms with Crippen molar-refractivity contribution in [2.75, 3.05) is 6.26 Å². The first kappa shape index (κ1) is 10.6. The molecule has 0 aliphatic rings. The second-order valence-corrected chi connectivity index (χ2v) is 4.00. The summed E-state index contributed by atoms with van der Waals surface area (Å²) < 4.78 is 0. The van der Waals surface area contributed by atoms with Crippen LogP contribution in [0.5, 0.6) is 0 Å². The molecule has 0 heterocycles. The summed E-state index contributed by atoms with van der Waals surface area (Å²) >= 11 is 7.57. The van der Waals surface area contributed by atoms with Crippen LogP contribution in [0.2, 0.25) is 0 Å².